The number of aromatic carboxylic acids is 1. The summed E-state index contributed by atoms with van der Waals surface area (Å²) in [6, 6.07) is 2.64. The number of hydrogen-bond donors (Lipinski definition) is 3. The third kappa shape index (κ3) is 4.83. The quantitative estimate of drug-likeness (QED) is 0.714. The molecule has 1 aromatic rings. The van der Waals surface area contributed by atoms with Gasteiger partial charge in [-0.05, 0) is 48.8 Å². The van der Waals surface area contributed by atoms with Crippen molar-refractivity contribution in [3.63, 3.8) is 0 Å². The first kappa shape index (κ1) is 16.0. The van der Waals surface area contributed by atoms with Crippen molar-refractivity contribution < 1.29 is 14.7 Å². The maximum Gasteiger partial charge on any atom is 0.337 e. The topological polar surface area (TPSA) is 78.4 Å². The van der Waals surface area contributed by atoms with E-state index >= 15 is 0 Å². The van der Waals surface area contributed by atoms with Gasteiger partial charge in [-0.2, -0.15) is 0 Å². The molecule has 0 saturated heterocycles. The van der Waals surface area contributed by atoms with Crippen LogP contribution in [0.15, 0.2) is 21.1 Å². The Labute approximate surface area is 128 Å². The molecule has 1 aromatic carbocycles. The first-order valence-electron chi connectivity index (χ1n) is 5.41. The van der Waals surface area contributed by atoms with Crippen LogP contribution in [0.25, 0.3) is 0 Å². The van der Waals surface area contributed by atoms with Gasteiger partial charge in [0.15, 0.2) is 0 Å². The van der Waals surface area contributed by atoms with Crippen molar-refractivity contribution in [2.75, 3.05) is 5.32 Å². The lowest BCUT2D eigenvalue weighted by molar-refractivity contribution is 0.0698. The van der Waals surface area contributed by atoms with Crippen LogP contribution in [0, 0.1) is 0 Å². The van der Waals surface area contributed by atoms with Crippen LogP contribution in [-0.4, -0.2) is 22.6 Å². The third-order valence-electron chi connectivity index (χ3n) is 2.01. The number of anilines is 1. The normalized spacial score (nSPS) is 11.0. The van der Waals surface area contributed by atoms with Crippen LogP contribution in [-0.2, 0) is 0 Å². The van der Waals surface area contributed by atoms with Crippen LogP contribution in [0.4, 0.5) is 10.5 Å². The van der Waals surface area contributed by atoms with Crippen molar-refractivity contribution in [3.8, 4) is 0 Å². The zero-order valence-electron chi connectivity index (χ0n) is 10.7. The highest BCUT2D eigenvalue weighted by atomic mass is 79.9. The Morgan fingerprint density at radius 2 is 1.79 bits per heavy atom. The number of carbonyl (C=O) groups is 2. The Bertz CT molecular complexity index is 524. The lowest BCUT2D eigenvalue weighted by Crippen LogP contribution is -2.43. The molecule has 19 heavy (non-hydrogen) atoms. The Morgan fingerprint density at radius 3 is 2.26 bits per heavy atom. The van der Waals surface area contributed by atoms with E-state index in [4.69, 9.17) is 5.11 Å². The molecule has 0 radical (unpaired) electrons. The van der Waals surface area contributed by atoms with Crippen molar-refractivity contribution >= 4 is 49.5 Å². The molecule has 0 spiro atoms. The molecule has 2 amide bonds. The Balaban J connectivity index is 3.07. The molecule has 0 aromatic heterocycles. The molecule has 104 valence electrons. The average molecular weight is 394 g/mol. The smallest absolute Gasteiger partial charge is 0.337 e. The summed E-state index contributed by atoms with van der Waals surface area (Å²) in [6.07, 6.45) is 0. The summed E-state index contributed by atoms with van der Waals surface area (Å²) < 4.78 is 1.10. The summed E-state index contributed by atoms with van der Waals surface area (Å²) in [5.41, 5.74) is -0.183. The number of halogens is 2. The lowest BCUT2D eigenvalue weighted by atomic mass is 10.1. The standard InChI is InChI=1S/C12H14Br2N2O3/c1-12(2,3)16-11(19)15-9-7(10(17)18)4-6(13)5-8(9)14/h4-5H,1-3H3,(H,17,18)(H2,15,16,19). The van der Waals surface area contributed by atoms with E-state index in [1.807, 2.05) is 20.8 Å². The van der Waals surface area contributed by atoms with Crippen LogP contribution in [0.5, 0.6) is 0 Å². The van der Waals surface area contributed by atoms with Crippen molar-refractivity contribution in [2.45, 2.75) is 26.3 Å². The number of hydrogen-bond acceptors (Lipinski definition) is 2. The van der Waals surface area contributed by atoms with Crippen molar-refractivity contribution in [1.82, 2.24) is 5.32 Å². The molecule has 7 heteroatoms. The second-order valence-corrected chi connectivity index (χ2v) is 6.71. The second kappa shape index (κ2) is 5.92. The number of carboxylic acids is 1. The molecule has 0 saturated carbocycles. The van der Waals surface area contributed by atoms with Crippen molar-refractivity contribution in [2.24, 2.45) is 0 Å². The van der Waals surface area contributed by atoms with Crippen LogP contribution in [0.3, 0.4) is 0 Å². The lowest BCUT2D eigenvalue weighted by Gasteiger charge is -2.21. The highest BCUT2D eigenvalue weighted by molar-refractivity contribution is 9.11. The van der Waals surface area contributed by atoms with Gasteiger partial charge >= 0.3 is 12.0 Å². The number of amides is 2. The maximum atomic E-state index is 11.8. The molecule has 0 fully saturated rings. The van der Waals surface area contributed by atoms with Crippen LogP contribution in [0.1, 0.15) is 31.1 Å². The average Bonchev–Trinajstić information content (AvgIpc) is 2.18. The Hall–Kier alpha value is -1.08. The van der Waals surface area contributed by atoms with Crippen LogP contribution < -0.4 is 10.6 Å². The van der Waals surface area contributed by atoms with Gasteiger partial charge < -0.3 is 15.7 Å². The number of urea groups is 1. The molecule has 3 N–H and O–H groups in total. The first-order chi connectivity index (χ1) is 8.60. The number of carboxylic acid groups (broad SMARTS) is 1. The first-order valence-corrected chi connectivity index (χ1v) is 7.00. The monoisotopic (exact) mass is 392 g/mol. The molecule has 1 rings (SSSR count). The highest BCUT2D eigenvalue weighted by Gasteiger charge is 2.19. The Kier molecular flexibility index (Phi) is 4.98. The molecule has 0 aliphatic heterocycles. The third-order valence-corrected chi connectivity index (χ3v) is 3.10. The summed E-state index contributed by atoms with van der Waals surface area (Å²) in [5, 5.41) is 14.4. The molecular weight excluding hydrogens is 380 g/mol. The zero-order valence-corrected chi connectivity index (χ0v) is 13.8. The predicted octanol–water partition coefficient (Wildman–Crippen LogP) is 3.83. The van der Waals surface area contributed by atoms with Gasteiger partial charge in [0.2, 0.25) is 0 Å². The van der Waals surface area contributed by atoms with E-state index in [9.17, 15) is 9.59 Å². The van der Waals surface area contributed by atoms with Crippen molar-refractivity contribution in [3.05, 3.63) is 26.6 Å². The molecule has 0 heterocycles. The van der Waals surface area contributed by atoms with E-state index in [0.717, 1.165) is 0 Å². The molecule has 0 aliphatic carbocycles. The minimum atomic E-state index is -1.12. The van der Waals surface area contributed by atoms with Gasteiger partial charge in [-0.25, -0.2) is 9.59 Å². The largest absolute Gasteiger partial charge is 0.478 e. The van der Waals surface area contributed by atoms with Crippen molar-refractivity contribution in [1.29, 1.82) is 0 Å². The van der Waals surface area contributed by atoms with Crippen LogP contribution >= 0.6 is 31.9 Å². The fraction of sp³-hybridized carbons (Fsp3) is 0.333. The van der Waals surface area contributed by atoms with Gasteiger partial charge in [-0.15, -0.1) is 0 Å². The van der Waals surface area contributed by atoms with E-state index in [1.165, 1.54) is 6.07 Å². The summed E-state index contributed by atoms with van der Waals surface area (Å²) in [4.78, 5) is 23.0. The minimum Gasteiger partial charge on any atom is -0.478 e. The summed E-state index contributed by atoms with van der Waals surface area (Å²) in [6.45, 7) is 5.50. The number of rotatable bonds is 2. The fourth-order valence-electron chi connectivity index (χ4n) is 1.35. The molecule has 0 unspecified atom stereocenters. The second-order valence-electron chi connectivity index (χ2n) is 4.94. The van der Waals surface area contributed by atoms with Crippen LogP contribution in [0.2, 0.25) is 0 Å². The van der Waals surface area contributed by atoms with E-state index in [1.54, 1.807) is 6.07 Å². The number of nitrogens with one attached hydrogen (secondary N) is 2. The SMILES string of the molecule is CC(C)(C)NC(=O)Nc1c(Br)cc(Br)cc1C(=O)O. The number of carbonyl (C=O) groups excluding carboxylic acids is 1. The summed E-state index contributed by atoms with van der Waals surface area (Å²) in [5.74, 6) is -1.12. The van der Waals surface area contributed by atoms with E-state index in [0.29, 0.717) is 8.95 Å². The molecule has 0 atom stereocenters. The van der Waals surface area contributed by atoms with Gasteiger partial charge in [0.05, 0.1) is 11.3 Å². The van der Waals surface area contributed by atoms with E-state index in [2.05, 4.69) is 42.5 Å². The van der Waals surface area contributed by atoms with E-state index in [-0.39, 0.29) is 11.3 Å². The van der Waals surface area contributed by atoms with Gasteiger partial charge in [-0.3, -0.25) is 0 Å². The molecule has 0 aliphatic rings. The predicted molar refractivity (Wildman–Crippen MR) is 80.7 cm³/mol. The minimum absolute atomic E-state index is 0.00492. The van der Waals surface area contributed by atoms with E-state index < -0.39 is 17.5 Å². The summed E-state index contributed by atoms with van der Waals surface area (Å²) in [7, 11) is 0. The highest BCUT2D eigenvalue weighted by Crippen LogP contribution is 2.30. The number of benzene rings is 1. The molecule has 0 bridgehead atoms. The van der Waals surface area contributed by atoms with Gasteiger partial charge in [0.1, 0.15) is 0 Å². The molecular formula is C12H14Br2N2O3. The van der Waals surface area contributed by atoms with Gasteiger partial charge in [-0.1, -0.05) is 15.9 Å². The van der Waals surface area contributed by atoms with Gasteiger partial charge in [0.25, 0.3) is 0 Å². The maximum absolute atomic E-state index is 11.8. The van der Waals surface area contributed by atoms with Gasteiger partial charge in [0, 0.05) is 14.5 Å². The fourth-order valence-corrected chi connectivity index (χ4v) is 2.68. The summed E-state index contributed by atoms with van der Waals surface area (Å²) >= 11 is 6.45. The zero-order chi connectivity index (χ0) is 14.8. The molecule has 5 nitrogen and oxygen atoms in total. The Morgan fingerprint density at radius 1 is 1.21 bits per heavy atom.